The van der Waals surface area contributed by atoms with E-state index >= 15 is 0 Å². The van der Waals surface area contributed by atoms with Crippen molar-refractivity contribution in [2.45, 2.75) is 19.1 Å². The quantitative estimate of drug-likeness (QED) is 0.825. The van der Waals surface area contributed by atoms with Crippen LogP contribution in [0.4, 0.5) is 0 Å². The van der Waals surface area contributed by atoms with E-state index < -0.39 is 0 Å². The Balaban J connectivity index is 1.83. The van der Waals surface area contributed by atoms with Crippen LogP contribution in [0.3, 0.4) is 0 Å². The monoisotopic (exact) mass is 232 g/mol. The lowest BCUT2D eigenvalue weighted by molar-refractivity contribution is -0.0472. The zero-order chi connectivity index (χ0) is 11.8. The standard InChI is InChI=1S/C14H20N2O/c1-11-4-2-3-5-12(11)14(17)13-10-15-6-8-16(13)9-7-15/h2-5,13-14,17H,6-10H2,1H3. The molecule has 0 saturated carbocycles. The molecule has 1 aromatic carbocycles. The molecule has 2 bridgehead atoms. The molecule has 0 aromatic heterocycles. The van der Waals surface area contributed by atoms with E-state index in [-0.39, 0.29) is 12.1 Å². The predicted octanol–water partition coefficient (Wildman–Crippen LogP) is 1.03. The Labute approximate surface area is 103 Å². The van der Waals surface area contributed by atoms with Crippen LogP contribution in [0.5, 0.6) is 0 Å². The van der Waals surface area contributed by atoms with Gasteiger partial charge in [-0.25, -0.2) is 0 Å². The van der Waals surface area contributed by atoms with E-state index in [9.17, 15) is 5.11 Å². The van der Waals surface area contributed by atoms with Gasteiger partial charge in [-0.05, 0) is 18.1 Å². The van der Waals surface area contributed by atoms with Gasteiger partial charge >= 0.3 is 0 Å². The lowest BCUT2D eigenvalue weighted by atomic mass is 9.94. The van der Waals surface area contributed by atoms with E-state index in [0.29, 0.717) is 0 Å². The highest BCUT2D eigenvalue weighted by atomic mass is 16.3. The molecule has 1 N–H and O–H groups in total. The van der Waals surface area contributed by atoms with Crippen LogP contribution in [-0.4, -0.2) is 53.7 Å². The molecule has 3 saturated heterocycles. The summed E-state index contributed by atoms with van der Waals surface area (Å²) in [6.45, 7) is 7.62. The van der Waals surface area contributed by atoms with Crippen LogP contribution < -0.4 is 0 Å². The van der Waals surface area contributed by atoms with Crippen molar-refractivity contribution in [2.24, 2.45) is 0 Å². The number of benzene rings is 1. The number of nitrogens with zero attached hydrogens (tertiary/aromatic N) is 2. The number of fused-ring (bicyclic) bond motifs is 3. The summed E-state index contributed by atoms with van der Waals surface area (Å²) in [6, 6.07) is 8.46. The molecule has 1 aromatic rings. The number of aliphatic hydroxyl groups excluding tert-OH is 1. The van der Waals surface area contributed by atoms with E-state index in [1.54, 1.807) is 0 Å². The van der Waals surface area contributed by atoms with Crippen molar-refractivity contribution in [2.75, 3.05) is 32.7 Å². The second-order valence-corrected chi connectivity index (χ2v) is 5.21. The SMILES string of the molecule is Cc1ccccc1C(O)C1CN2CCN1CC2. The van der Waals surface area contributed by atoms with E-state index in [1.807, 2.05) is 12.1 Å². The molecule has 0 aliphatic carbocycles. The number of hydrogen-bond acceptors (Lipinski definition) is 3. The summed E-state index contributed by atoms with van der Waals surface area (Å²) in [5.74, 6) is 0. The Morgan fingerprint density at radius 2 is 1.88 bits per heavy atom. The minimum atomic E-state index is -0.348. The van der Waals surface area contributed by atoms with Crippen molar-refractivity contribution in [3.8, 4) is 0 Å². The van der Waals surface area contributed by atoms with E-state index in [1.165, 1.54) is 5.56 Å². The Morgan fingerprint density at radius 1 is 1.18 bits per heavy atom. The maximum absolute atomic E-state index is 10.6. The van der Waals surface area contributed by atoms with Gasteiger partial charge in [0.1, 0.15) is 0 Å². The van der Waals surface area contributed by atoms with Crippen molar-refractivity contribution < 1.29 is 5.11 Å². The highest BCUT2D eigenvalue weighted by molar-refractivity contribution is 5.29. The first kappa shape index (κ1) is 11.2. The van der Waals surface area contributed by atoms with Gasteiger partial charge in [-0.15, -0.1) is 0 Å². The molecular weight excluding hydrogens is 212 g/mol. The molecule has 17 heavy (non-hydrogen) atoms. The summed E-state index contributed by atoms with van der Waals surface area (Å²) in [5, 5.41) is 10.6. The lowest BCUT2D eigenvalue weighted by Crippen LogP contribution is -2.62. The predicted molar refractivity (Wildman–Crippen MR) is 67.9 cm³/mol. The number of aryl methyl sites for hydroxylation is 1. The van der Waals surface area contributed by atoms with Crippen molar-refractivity contribution in [1.82, 2.24) is 9.80 Å². The molecule has 3 aliphatic rings. The molecule has 0 radical (unpaired) electrons. The Hall–Kier alpha value is -0.900. The lowest BCUT2D eigenvalue weighted by Gasteiger charge is -2.49. The minimum Gasteiger partial charge on any atom is -0.387 e. The molecule has 92 valence electrons. The second-order valence-electron chi connectivity index (χ2n) is 5.21. The zero-order valence-electron chi connectivity index (χ0n) is 10.3. The van der Waals surface area contributed by atoms with Gasteiger partial charge in [-0.3, -0.25) is 9.80 Å². The molecule has 3 fully saturated rings. The zero-order valence-corrected chi connectivity index (χ0v) is 10.3. The Kier molecular flexibility index (Phi) is 2.90. The third kappa shape index (κ3) is 1.99. The fourth-order valence-electron chi connectivity index (χ4n) is 3.08. The highest BCUT2D eigenvalue weighted by Gasteiger charge is 2.36. The first-order chi connectivity index (χ1) is 8.25. The van der Waals surface area contributed by atoms with Gasteiger partial charge in [0.05, 0.1) is 12.1 Å². The second kappa shape index (κ2) is 4.41. The molecule has 3 nitrogen and oxygen atoms in total. The molecule has 0 spiro atoms. The van der Waals surface area contributed by atoms with Gasteiger partial charge < -0.3 is 5.11 Å². The van der Waals surface area contributed by atoms with Crippen LogP contribution >= 0.6 is 0 Å². The summed E-state index contributed by atoms with van der Waals surface area (Å²) in [4.78, 5) is 4.91. The van der Waals surface area contributed by atoms with Crippen LogP contribution in [0.1, 0.15) is 17.2 Å². The summed E-state index contributed by atoms with van der Waals surface area (Å²) < 4.78 is 0. The van der Waals surface area contributed by atoms with Crippen LogP contribution in [0.25, 0.3) is 0 Å². The third-order valence-corrected chi connectivity index (χ3v) is 4.19. The number of aliphatic hydroxyl groups is 1. The number of piperazine rings is 3. The summed E-state index contributed by atoms with van der Waals surface area (Å²) in [5.41, 5.74) is 2.28. The maximum Gasteiger partial charge on any atom is 0.0960 e. The highest BCUT2D eigenvalue weighted by Crippen LogP contribution is 2.28. The molecule has 0 amide bonds. The first-order valence-electron chi connectivity index (χ1n) is 6.46. The Bertz CT molecular complexity index is 399. The molecule has 3 heteroatoms. The van der Waals surface area contributed by atoms with Gasteiger partial charge in [0.25, 0.3) is 0 Å². The summed E-state index contributed by atoms with van der Waals surface area (Å²) >= 11 is 0. The summed E-state index contributed by atoms with van der Waals surface area (Å²) in [6.07, 6.45) is -0.348. The average Bonchev–Trinajstić information content (AvgIpc) is 2.40. The number of hydrogen-bond donors (Lipinski definition) is 1. The smallest absolute Gasteiger partial charge is 0.0960 e. The first-order valence-corrected chi connectivity index (χ1v) is 6.46. The van der Waals surface area contributed by atoms with Gasteiger partial charge in [0.15, 0.2) is 0 Å². The fraction of sp³-hybridized carbons (Fsp3) is 0.571. The van der Waals surface area contributed by atoms with Crippen LogP contribution in [-0.2, 0) is 0 Å². The van der Waals surface area contributed by atoms with Crippen molar-refractivity contribution in [3.63, 3.8) is 0 Å². The van der Waals surface area contributed by atoms with E-state index in [2.05, 4.69) is 28.9 Å². The van der Waals surface area contributed by atoms with Gasteiger partial charge in [0, 0.05) is 32.7 Å². The third-order valence-electron chi connectivity index (χ3n) is 4.19. The van der Waals surface area contributed by atoms with E-state index in [4.69, 9.17) is 0 Å². The summed E-state index contributed by atoms with van der Waals surface area (Å²) in [7, 11) is 0. The van der Waals surface area contributed by atoms with Crippen molar-refractivity contribution >= 4 is 0 Å². The van der Waals surface area contributed by atoms with Crippen LogP contribution in [0, 0.1) is 6.92 Å². The molecule has 4 rings (SSSR count). The largest absolute Gasteiger partial charge is 0.387 e. The van der Waals surface area contributed by atoms with E-state index in [0.717, 1.165) is 38.3 Å². The van der Waals surface area contributed by atoms with Gasteiger partial charge in [-0.1, -0.05) is 24.3 Å². The molecular formula is C14H20N2O. The number of rotatable bonds is 2. The Morgan fingerprint density at radius 3 is 2.47 bits per heavy atom. The van der Waals surface area contributed by atoms with Crippen molar-refractivity contribution in [1.29, 1.82) is 0 Å². The maximum atomic E-state index is 10.6. The average molecular weight is 232 g/mol. The minimum absolute atomic E-state index is 0.276. The normalized spacial score (nSPS) is 33.6. The van der Waals surface area contributed by atoms with Crippen LogP contribution in [0.15, 0.2) is 24.3 Å². The molecule has 2 atom stereocenters. The fourth-order valence-corrected chi connectivity index (χ4v) is 3.08. The van der Waals surface area contributed by atoms with Gasteiger partial charge in [-0.2, -0.15) is 0 Å². The van der Waals surface area contributed by atoms with Gasteiger partial charge in [0.2, 0.25) is 0 Å². The van der Waals surface area contributed by atoms with Crippen molar-refractivity contribution in [3.05, 3.63) is 35.4 Å². The topological polar surface area (TPSA) is 26.7 Å². The molecule has 3 heterocycles. The molecule has 3 aliphatic heterocycles. The van der Waals surface area contributed by atoms with Crippen LogP contribution in [0.2, 0.25) is 0 Å². The molecule has 2 unspecified atom stereocenters.